The molecule has 1 N–H and O–H groups in total. The minimum Gasteiger partial charge on any atom is -0.355 e. The van der Waals surface area contributed by atoms with E-state index in [1.165, 1.54) is 5.56 Å². The highest BCUT2D eigenvalue weighted by molar-refractivity contribution is 5.74. The fourth-order valence-electron chi connectivity index (χ4n) is 3.01. The molecular weight excluding hydrogens is 300 g/mol. The topological polar surface area (TPSA) is 69.0 Å². The molecule has 0 saturated carbocycles. The molecule has 1 aromatic heterocycles. The van der Waals surface area contributed by atoms with Crippen LogP contribution in [0.15, 0.2) is 42.6 Å². The van der Waals surface area contributed by atoms with Crippen LogP contribution in [0.2, 0.25) is 0 Å². The van der Waals surface area contributed by atoms with Crippen molar-refractivity contribution < 1.29 is 4.79 Å². The fraction of sp³-hybridized carbons (Fsp3) is 0.316. The third kappa shape index (κ3) is 3.79. The summed E-state index contributed by atoms with van der Waals surface area (Å²) in [7, 11) is 0. The summed E-state index contributed by atoms with van der Waals surface area (Å²) in [4.78, 5) is 17.2. The lowest BCUT2D eigenvalue weighted by atomic mass is 10.0. The molecule has 1 aliphatic rings. The fourth-order valence-corrected chi connectivity index (χ4v) is 3.01. The average molecular weight is 320 g/mol. The number of aldehydes is 1. The van der Waals surface area contributed by atoms with Crippen LogP contribution in [0, 0.1) is 11.3 Å². The van der Waals surface area contributed by atoms with Crippen molar-refractivity contribution in [3.05, 3.63) is 59.3 Å². The Bertz CT molecular complexity index is 728. The van der Waals surface area contributed by atoms with E-state index in [0.29, 0.717) is 17.2 Å². The van der Waals surface area contributed by atoms with Crippen molar-refractivity contribution in [2.45, 2.75) is 25.4 Å². The van der Waals surface area contributed by atoms with E-state index in [-0.39, 0.29) is 0 Å². The van der Waals surface area contributed by atoms with Gasteiger partial charge in [-0.05, 0) is 30.5 Å². The normalized spacial score (nSPS) is 15.0. The predicted molar refractivity (Wildman–Crippen MR) is 92.9 cm³/mol. The first-order valence-electron chi connectivity index (χ1n) is 8.17. The monoisotopic (exact) mass is 320 g/mol. The molecule has 1 aromatic carbocycles. The summed E-state index contributed by atoms with van der Waals surface area (Å²) in [5, 5.41) is 12.8. The number of rotatable bonds is 5. The molecule has 122 valence electrons. The highest BCUT2D eigenvalue weighted by atomic mass is 16.1. The summed E-state index contributed by atoms with van der Waals surface area (Å²) in [5.74, 6) is 0.794. The number of nitriles is 1. The lowest BCUT2D eigenvalue weighted by Gasteiger charge is -2.33. The molecule has 5 nitrogen and oxygen atoms in total. The maximum absolute atomic E-state index is 10.7. The van der Waals surface area contributed by atoms with Crippen LogP contribution in [0.5, 0.6) is 0 Å². The highest BCUT2D eigenvalue weighted by Gasteiger charge is 2.21. The number of aromatic nitrogens is 1. The molecule has 3 rings (SSSR count). The number of piperidine rings is 1. The standard InChI is InChI=1S/C19H20N4O/c20-12-17-2-1-9-21-19(17)23-10-7-18(8-11-23)22-13-15-3-5-16(14-24)6-4-15/h1-6,9,14,18,22H,7-8,10-11,13H2. The summed E-state index contributed by atoms with van der Waals surface area (Å²) in [6.07, 6.45) is 4.64. The SMILES string of the molecule is N#Cc1cccnc1N1CCC(NCc2ccc(C=O)cc2)CC1. The Labute approximate surface area is 141 Å². The predicted octanol–water partition coefficient (Wildman–Crippen LogP) is 2.52. The molecule has 2 heterocycles. The Morgan fingerprint density at radius 2 is 2.00 bits per heavy atom. The van der Waals surface area contributed by atoms with Gasteiger partial charge in [0.1, 0.15) is 18.2 Å². The Hall–Kier alpha value is -2.71. The summed E-state index contributed by atoms with van der Waals surface area (Å²) >= 11 is 0. The van der Waals surface area contributed by atoms with Crippen molar-refractivity contribution in [1.82, 2.24) is 10.3 Å². The van der Waals surface area contributed by atoms with Crippen molar-refractivity contribution in [1.29, 1.82) is 5.26 Å². The number of carbonyl (C=O) groups excluding carboxylic acids is 1. The zero-order valence-electron chi connectivity index (χ0n) is 13.5. The second-order valence-electron chi connectivity index (χ2n) is 5.99. The number of pyridine rings is 1. The number of anilines is 1. The Kier molecular flexibility index (Phi) is 5.19. The quantitative estimate of drug-likeness (QED) is 0.857. The van der Waals surface area contributed by atoms with E-state index in [1.807, 2.05) is 30.3 Å². The minimum absolute atomic E-state index is 0.459. The first-order valence-corrected chi connectivity index (χ1v) is 8.17. The van der Waals surface area contributed by atoms with Crippen LogP contribution in [0.1, 0.15) is 34.3 Å². The zero-order chi connectivity index (χ0) is 16.8. The molecule has 1 aliphatic heterocycles. The number of hydrogen-bond donors (Lipinski definition) is 1. The third-order valence-electron chi connectivity index (χ3n) is 4.41. The maximum Gasteiger partial charge on any atom is 0.150 e. The molecule has 0 spiro atoms. The smallest absolute Gasteiger partial charge is 0.150 e. The van der Waals surface area contributed by atoms with Crippen molar-refractivity contribution in [3.8, 4) is 6.07 Å². The van der Waals surface area contributed by atoms with Crippen molar-refractivity contribution >= 4 is 12.1 Å². The molecule has 0 radical (unpaired) electrons. The van der Waals surface area contributed by atoms with Gasteiger partial charge in [-0.3, -0.25) is 4.79 Å². The molecule has 0 unspecified atom stereocenters. The van der Waals surface area contributed by atoms with E-state index in [4.69, 9.17) is 0 Å². The number of benzene rings is 1. The molecule has 1 fully saturated rings. The van der Waals surface area contributed by atoms with Gasteiger partial charge in [-0.2, -0.15) is 5.26 Å². The van der Waals surface area contributed by atoms with Crippen molar-refractivity contribution in [2.75, 3.05) is 18.0 Å². The molecule has 1 saturated heterocycles. The minimum atomic E-state index is 0.459. The van der Waals surface area contributed by atoms with Gasteiger partial charge in [-0.1, -0.05) is 24.3 Å². The molecular formula is C19H20N4O. The molecule has 2 aromatic rings. The van der Waals surface area contributed by atoms with Gasteiger partial charge in [-0.25, -0.2) is 4.98 Å². The van der Waals surface area contributed by atoms with Crippen LogP contribution in [0.25, 0.3) is 0 Å². The lowest BCUT2D eigenvalue weighted by molar-refractivity contribution is 0.112. The molecule has 0 amide bonds. The average Bonchev–Trinajstić information content (AvgIpc) is 2.67. The highest BCUT2D eigenvalue weighted by Crippen LogP contribution is 2.21. The molecule has 0 bridgehead atoms. The van der Waals surface area contributed by atoms with Gasteiger partial charge in [0, 0.05) is 37.4 Å². The van der Waals surface area contributed by atoms with Crippen LogP contribution in [0.3, 0.4) is 0 Å². The van der Waals surface area contributed by atoms with Gasteiger partial charge in [0.25, 0.3) is 0 Å². The van der Waals surface area contributed by atoms with Crippen molar-refractivity contribution in [3.63, 3.8) is 0 Å². The van der Waals surface area contributed by atoms with Gasteiger partial charge in [-0.15, -0.1) is 0 Å². The second-order valence-corrected chi connectivity index (χ2v) is 5.99. The van der Waals surface area contributed by atoms with Gasteiger partial charge in [0.2, 0.25) is 0 Å². The Balaban J connectivity index is 1.51. The van der Waals surface area contributed by atoms with E-state index in [1.54, 1.807) is 12.3 Å². The number of nitrogens with one attached hydrogen (secondary N) is 1. The summed E-state index contributed by atoms with van der Waals surface area (Å²) < 4.78 is 0. The molecule has 5 heteroatoms. The number of hydrogen-bond acceptors (Lipinski definition) is 5. The summed E-state index contributed by atoms with van der Waals surface area (Å²) in [5.41, 5.74) is 2.52. The second kappa shape index (κ2) is 7.71. The van der Waals surface area contributed by atoms with Crippen LogP contribution in [0.4, 0.5) is 5.82 Å². The van der Waals surface area contributed by atoms with E-state index >= 15 is 0 Å². The van der Waals surface area contributed by atoms with Crippen LogP contribution < -0.4 is 10.2 Å². The summed E-state index contributed by atoms with van der Waals surface area (Å²) in [6.45, 7) is 2.59. The van der Waals surface area contributed by atoms with Crippen molar-refractivity contribution in [2.24, 2.45) is 0 Å². The first kappa shape index (κ1) is 16.2. The first-order chi connectivity index (χ1) is 11.8. The Morgan fingerprint density at radius 3 is 2.67 bits per heavy atom. The maximum atomic E-state index is 10.7. The van der Waals surface area contributed by atoms with Gasteiger partial charge in [0.15, 0.2) is 0 Å². The van der Waals surface area contributed by atoms with E-state index in [0.717, 1.165) is 44.6 Å². The number of carbonyl (C=O) groups is 1. The van der Waals surface area contributed by atoms with Gasteiger partial charge in [0.05, 0.1) is 5.56 Å². The van der Waals surface area contributed by atoms with E-state index < -0.39 is 0 Å². The van der Waals surface area contributed by atoms with Crippen LogP contribution in [-0.4, -0.2) is 30.4 Å². The van der Waals surface area contributed by atoms with Gasteiger partial charge < -0.3 is 10.2 Å². The Morgan fingerprint density at radius 1 is 1.25 bits per heavy atom. The molecule has 0 atom stereocenters. The molecule has 0 aliphatic carbocycles. The third-order valence-corrected chi connectivity index (χ3v) is 4.41. The zero-order valence-corrected chi connectivity index (χ0v) is 13.5. The van der Waals surface area contributed by atoms with Crippen LogP contribution in [-0.2, 0) is 6.54 Å². The van der Waals surface area contributed by atoms with Crippen LogP contribution >= 0.6 is 0 Å². The summed E-state index contributed by atoms with van der Waals surface area (Å²) in [6, 6.07) is 13.9. The van der Waals surface area contributed by atoms with E-state index in [2.05, 4.69) is 21.3 Å². The largest absolute Gasteiger partial charge is 0.355 e. The number of nitrogens with zero attached hydrogens (tertiary/aromatic N) is 3. The lowest BCUT2D eigenvalue weighted by Crippen LogP contribution is -2.42. The van der Waals surface area contributed by atoms with Gasteiger partial charge >= 0.3 is 0 Å². The molecule has 24 heavy (non-hydrogen) atoms. The van der Waals surface area contributed by atoms with E-state index in [9.17, 15) is 10.1 Å².